The molecule has 2 aliphatic rings. The lowest BCUT2D eigenvalue weighted by molar-refractivity contribution is 0.110. The van der Waals surface area contributed by atoms with Gasteiger partial charge in [0.15, 0.2) is 0 Å². The van der Waals surface area contributed by atoms with E-state index >= 15 is 0 Å². The van der Waals surface area contributed by atoms with Gasteiger partial charge in [0.25, 0.3) is 0 Å². The zero-order chi connectivity index (χ0) is 11.7. The number of fused-ring (bicyclic) bond motifs is 1. The molecule has 0 amide bonds. The monoisotopic (exact) mass is 254 g/mol. The van der Waals surface area contributed by atoms with Crippen LogP contribution in [-0.4, -0.2) is 16.4 Å². The highest BCUT2D eigenvalue weighted by Gasteiger charge is 2.24. The summed E-state index contributed by atoms with van der Waals surface area (Å²) in [7, 11) is 0. The molecule has 1 aromatic rings. The SMILES string of the molecule is Clc1c2c(nn1C1CCCCCC1)CCOC2. The van der Waals surface area contributed by atoms with Gasteiger partial charge < -0.3 is 4.74 Å². The van der Waals surface area contributed by atoms with Crippen LogP contribution in [0.4, 0.5) is 0 Å². The summed E-state index contributed by atoms with van der Waals surface area (Å²) >= 11 is 6.45. The summed E-state index contributed by atoms with van der Waals surface area (Å²) in [5.74, 6) is 0. The summed E-state index contributed by atoms with van der Waals surface area (Å²) in [6, 6.07) is 0.510. The second kappa shape index (κ2) is 4.99. The second-order valence-corrected chi connectivity index (χ2v) is 5.47. The van der Waals surface area contributed by atoms with Crippen LogP contribution in [0, 0.1) is 0 Å². The summed E-state index contributed by atoms with van der Waals surface area (Å²) in [6.45, 7) is 1.42. The van der Waals surface area contributed by atoms with Gasteiger partial charge in [0.1, 0.15) is 5.15 Å². The summed E-state index contributed by atoms with van der Waals surface area (Å²) in [5.41, 5.74) is 2.28. The molecule has 0 saturated heterocycles. The topological polar surface area (TPSA) is 27.1 Å². The van der Waals surface area contributed by atoms with E-state index in [1.807, 2.05) is 0 Å². The van der Waals surface area contributed by atoms with Crippen molar-refractivity contribution in [3.05, 3.63) is 16.4 Å². The van der Waals surface area contributed by atoms with E-state index in [0.29, 0.717) is 12.6 Å². The number of rotatable bonds is 1. The predicted molar refractivity (Wildman–Crippen MR) is 67.3 cm³/mol. The smallest absolute Gasteiger partial charge is 0.133 e. The first-order chi connectivity index (χ1) is 8.36. The van der Waals surface area contributed by atoms with Crippen LogP contribution in [0.25, 0.3) is 0 Å². The third-order valence-electron chi connectivity index (χ3n) is 3.93. The number of halogens is 1. The predicted octanol–water partition coefficient (Wildman–Crippen LogP) is 3.50. The maximum atomic E-state index is 6.45. The van der Waals surface area contributed by atoms with Gasteiger partial charge in [0.05, 0.1) is 24.9 Å². The molecule has 2 heterocycles. The molecule has 0 bridgehead atoms. The Bertz CT molecular complexity index is 394. The standard InChI is InChI=1S/C13H19ClN2O/c14-13-11-9-17-8-7-12(11)15-16(13)10-5-3-1-2-4-6-10/h10H,1-9H2. The lowest BCUT2D eigenvalue weighted by atomic mass is 10.1. The fraction of sp³-hybridized carbons (Fsp3) is 0.769. The molecule has 3 rings (SSSR count). The summed E-state index contributed by atoms with van der Waals surface area (Å²) in [4.78, 5) is 0. The summed E-state index contributed by atoms with van der Waals surface area (Å²) < 4.78 is 7.54. The molecule has 0 N–H and O–H groups in total. The van der Waals surface area contributed by atoms with E-state index < -0.39 is 0 Å². The third kappa shape index (κ3) is 2.23. The minimum Gasteiger partial charge on any atom is -0.376 e. The Morgan fingerprint density at radius 2 is 1.94 bits per heavy atom. The van der Waals surface area contributed by atoms with E-state index in [0.717, 1.165) is 29.4 Å². The van der Waals surface area contributed by atoms with Crippen LogP contribution in [0.5, 0.6) is 0 Å². The van der Waals surface area contributed by atoms with Crippen LogP contribution in [-0.2, 0) is 17.8 Å². The van der Waals surface area contributed by atoms with Gasteiger partial charge in [-0.15, -0.1) is 0 Å². The van der Waals surface area contributed by atoms with Crippen LogP contribution in [0.15, 0.2) is 0 Å². The van der Waals surface area contributed by atoms with E-state index in [1.165, 1.54) is 38.5 Å². The molecule has 4 heteroatoms. The van der Waals surface area contributed by atoms with Gasteiger partial charge in [-0.05, 0) is 12.8 Å². The molecule has 1 aliphatic heterocycles. The highest BCUT2D eigenvalue weighted by Crippen LogP contribution is 2.33. The molecule has 17 heavy (non-hydrogen) atoms. The van der Waals surface area contributed by atoms with Crippen LogP contribution in [0.2, 0.25) is 5.15 Å². The quantitative estimate of drug-likeness (QED) is 0.717. The van der Waals surface area contributed by atoms with Crippen LogP contribution in [0.3, 0.4) is 0 Å². The first-order valence-corrected chi connectivity index (χ1v) is 7.07. The molecule has 0 aromatic carbocycles. The largest absolute Gasteiger partial charge is 0.376 e. The van der Waals surface area contributed by atoms with E-state index in [9.17, 15) is 0 Å². The van der Waals surface area contributed by atoms with Gasteiger partial charge >= 0.3 is 0 Å². The van der Waals surface area contributed by atoms with Crippen LogP contribution in [0.1, 0.15) is 55.8 Å². The highest BCUT2D eigenvalue weighted by atomic mass is 35.5. The first kappa shape index (κ1) is 11.5. The minimum absolute atomic E-state index is 0.510. The molecule has 1 saturated carbocycles. The van der Waals surface area contributed by atoms with Gasteiger partial charge in [-0.2, -0.15) is 5.10 Å². The van der Waals surface area contributed by atoms with Crippen molar-refractivity contribution in [2.45, 2.75) is 57.6 Å². The molecule has 0 unspecified atom stereocenters. The average molecular weight is 255 g/mol. The molecule has 94 valence electrons. The van der Waals surface area contributed by atoms with Crippen molar-refractivity contribution in [3.63, 3.8) is 0 Å². The van der Waals surface area contributed by atoms with Gasteiger partial charge in [0.2, 0.25) is 0 Å². The zero-order valence-electron chi connectivity index (χ0n) is 10.1. The zero-order valence-corrected chi connectivity index (χ0v) is 10.9. The number of ether oxygens (including phenoxy) is 1. The molecule has 0 radical (unpaired) electrons. The van der Waals surface area contributed by atoms with E-state index in [2.05, 4.69) is 4.68 Å². The molecule has 0 atom stereocenters. The number of aromatic nitrogens is 2. The van der Waals surface area contributed by atoms with Crippen molar-refractivity contribution in [1.82, 2.24) is 9.78 Å². The lowest BCUT2D eigenvalue weighted by Gasteiger charge is -2.15. The molecular formula is C13H19ClN2O. The fourth-order valence-electron chi connectivity index (χ4n) is 2.92. The minimum atomic E-state index is 0.510. The van der Waals surface area contributed by atoms with Crippen molar-refractivity contribution < 1.29 is 4.74 Å². The Balaban J connectivity index is 1.88. The van der Waals surface area contributed by atoms with Crippen LogP contribution < -0.4 is 0 Å². The number of hydrogen-bond donors (Lipinski definition) is 0. The lowest BCUT2D eigenvalue weighted by Crippen LogP contribution is -2.10. The summed E-state index contributed by atoms with van der Waals surface area (Å²) in [6.07, 6.45) is 8.69. The normalized spacial score (nSPS) is 22.2. The maximum absolute atomic E-state index is 6.45. The Labute approximate surface area is 107 Å². The number of nitrogens with zero attached hydrogens (tertiary/aromatic N) is 2. The molecular weight excluding hydrogens is 236 g/mol. The van der Waals surface area contributed by atoms with E-state index in [4.69, 9.17) is 21.4 Å². The number of hydrogen-bond acceptors (Lipinski definition) is 2. The summed E-state index contributed by atoms with van der Waals surface area (Å²) in [5, 5.41) is 5.55. The van der Waals surface area contributed by atoms with E-state index in [1.54, 1.807) is 0 Å². The second-order valence-electron chi connectivity index (χ2n) is 5.11. The van der Waals surface area contributed by atoms with Crippen molar-refractivity contribution in [1.29, 1.82) is 0 Å². The van der Waals surface area contributed by atoms with Crippen molar-refractivity contribution >= 4 is 11.6 Å². The molecule has 3 nitrogen and oxygen atoms in total. The Morgan fingerprint density at radius 1 is 1.18 bits per heavy atom. The van der Waals surface area contributed by atoms with Crippen molar-refractivity contribution in [2.75, 3.05) is 6.61 Å². The van der Waals surface area contributed by atoms with E-state index in [-0.39, 0.29) is 0 Å². The molecule has 0 spiro atoms. The Morgan fingerprint density at radius 3 is 2.65 bits per heavy atom. The van der Waals surface area contributed by atoms with Gasteiger partial charge in [0, 0.05) is 12.0 Å². The average Bonchev–Trinajstić information content (AvgIpc) is 2.57. The Kier molecular flexibility index (Phi) is 3.39. The third-order valence-corrected chi connectivity index (χ3v) is 4.33. The van der Waals surface area contributed by atoms with Gasteiger partial charge in [-0.3, -0.25) is 4.68 Å². The molecule has 1 aliphatic carbocycles. The molecule has 1 fully saturated rings. The van der Waals surface area contributed by atoms with Gasteiger partial charge in [-0.25, -0.2) is 0 Å². The fourth-order valence-corrected chi connectivity index (χ4v) is 3.26. The highest BCUT2D eigenvalue weighted by molar-refractivity contribution is 6.30. The maximum Gasteiger partial charge on any atom is 0.133 e. The van der Waals surface area contributed by atoms with Crippen LogP contribution >= 0.6 is 11.6 Å². The van der Waals surface area contributed by atoms with Crippen molar-refractivity contribution in [2.24, 2.45) is 0 Å². The molecule has 1 aromatic heterocycles. The first-order valence-electron chi connectivity index (χ1n) is 6.70. The van der Waals surface area contributed by atoms with Gasteiger partial charge in [-0.1, -0.05) is 37.3 Å². The Hall–Kier alpha value is -0.540. The van der Waals surface area contributed by atoms with Crippen molar-refractivity contribution in [3.8, 4) is 0 Å².